The summed E-state index contributed by atoms with van der Waals surface area (Å²) in [6.45, 7) is 0. The van der Waals surface area contributed by atoms with Crippen molar-refractivity contribution in [3.8, 4) is 0 Å². The predicted octanol–water partition coefficient (Wildman–Crippen LogP) is 8.40. The SMILES string of the molecule is CN1/C(=C/C2=CC3=C/C(=C/c4sc5ccc6ccccc6c5[n+]4C)CCC3CC2)Sc2ccccc21. The first kappa shape index (κ1) is 22.1. The average molecular weight is 506 g/mol. The summed E-state index contributed by atoms with van der Waals surface area (Å²) in [5.74, 6) is 0.704. The van der Waals surface area contributed by atoms with Gasteiger partial charge in [-0.2, -0.15) is 4.57 Å². The summed E-state index contributed by atoms with van der Waals surface area (Å²) < 4.78 is 3.74. The molecule has 0 radical (unpaired) electrons. The van der Waals surface area contributed by atoms with E-state index in [4.69, 9.17) is 0 Å². The third kappa shape index (κ3) is 3.75. The molecule has 1 aromatic heterocycles. The highest BCUT2D eigenvalue weighted by Gasteiger charge is 2.26. The van der Waals surface area contributed by atoms with E-state index in [-0.39, 0.29) is 0 Å². The van der Waals surface area contributed by atoms with E-state index in [9.17, 15) is 0 Å². The van der Waals surface area contributed by atoms with Crippen LogP contribution in [0, 0.1) is 5.92 Å². The first-order valence-electron chi connectivity index (χ1n) is 12.8. The minimum Gasteiger partial charge on any atom is -0.338 e. The minimum atomic E-state index is 0.704. The van der Waals surface area contributed by atoms with Crippen molar-refractivity contribution < 1.29 is 4.57 Å². The molecule has 0 fully saturated rings. The van der Waals surface area contributed by atoms with E-state index in [0.29, 0.717) is 5.92 Å². The van der Waals surface area contributed by atoms with Crippen LogP contribution in [-0.4, -0.2) is 7.05 Å². The summed E-state index contributed by atoms with van der Waals surface area (Å²) in [6.07, 6.45) is 14.7. The van der Waals surface area contributed by atoms with Gasteiger partial charge in [0.2, 0.25) is 5.52 Å². The number of anilines is 1. The summed E-state index contributed by atoms with van der Waals surface area (Å²) in [4.78, 5) is 3.69. The molecule has 2 nitrogen and oxygen atoms in total. The van der Waals surface area contributed by atoms with Gasteiger partial charge < -0.3 is 4.90 Å². The van der Waals surface area contributed by atoms with E-state index in [1.54, 1.807) is 0 Å². The van der Waals surface area contributed by atoms with Crippen LogP contribution in [0.1, 0.15) is 30.7 Å². The van der Waals surface area contributed by atoms with Crippen LogP contribution in [0.4, 0.5) is 5.69 Å². The van der Waals surface area contributed by atoms with Crippen molar-refractivity contribution >= 4 is 55.9 Å². The standard InChI is InChI=1S/C32H29N2S2/c1-33-27-9-5-6-10-28(27)35-30(33)19-21-11-13-23-14-12-22(18-25(23)17-21)20-31-34(2)32-26-8-4-3-7-24(26)15-16-29(32)36-31/h3-10,15-20,23H,11-14H2,1-2H3/q+1. The molecule has 3 aliphatic rings. The Balaban J connectivity index is 1.22. The number of allylic oxidation sites excluding steroid dienone is 6. The van der Waals surface area contributed by atoms with Crippen LogP contribution in [0.5, 0.6) is 0 Å². The summed E-state index contributed by atoms with van der Waals surface area (Å²) in [5.41, 5.74) is 7.09. The maximum absolute atomic E-state index is 2.48. The van der Waals surface area contributed by atoms with Crippen molar-refractivity contribution in [2.24, 2.45) is 13.0 Å². The number of fused-ring (bicyclic) bond motifs is 5. The number of nitrogens with zero attached hydrogens (tertiary/aromatic N) is 2. The topological polar surface area (TPSA) is 7.12 Å². The Hall–Kier alpha value is -3.08. The lowest BCUT2D eigenvalue weighted by Crippen LogP contribution is -2.29. The second-order valence-corrected chi connectivity index (χ2v) is 12.2. The van der Waals surface area contributed by atoms with Gasteiger partial charge in [-0.25, -0.2) is 0 Å². The number of para-hydroxylation sites is 1. The van der Waals surface area contributed by atoms with Crippen molar-refractivity contribution in [1.82, 2.24) is 0 Å². The summed E-state index contributed by atoms with van der Waals surface area (Å²) in [5, 5.41) is 5.31. The molecule has 2 aliphatic carbocycles. The fourth-order valence-electron chi connectivity index (χ4n) is 5.88. The van der Waals surface area contributed by atoms with E-state index in [1.807, 2.05) is 23.1 Å². The molecule has 1 unspecified atom stereocenters. The van der Waals surface area contributed by atoms with E-state index >= 15 is 0 Å². The molecule has 0 bridgehead atoms. The average Bonchev–Trinajstić information content (AvgIpc) is 3.40. The van der Waals surface area contributed by atoms with Gasteiger partial charge in [0, 0.05) is 18.0 Å². The number of thioether (sulfide) groups is 1. The maximum Gasteiger partial charge on any atom is 0.262 e. The van der Waals surface area contributed by atoms with Crippen LogP contribution in [0.25, 0.3) is 27.1 Å². The van der Waals surface area contributed by atoms with Gasteiger partial charge in [-0.05, 0) is 84.0 Å². The van der Waals surface area contributed by atoms with Crippen molar-refractivity contribution in [2.75, 3.05) is 11.9 Å². The minimum absolute atomic E-state index is 0.704. The van der Waals surface area contributed by atoms with Crippen molar-refractivity contribution in [3.05, 3.63) is 106 Å². The van der Waals surface area contributed by atoms with Gasteiger partial charge in [-0.3, -0.25) is 0 Å². The van der Waals surface area contributed by atoms with Crippen LogP contribution in [0.3, 0.4) is 0 Å². The summed E-state index contributed by atoms with van der Waals surface area (Å²) >= 11 is 3.79. The molecule has 1 aliphatic heterocycles. The number of benzene rings is 3. The first-order chi connectivity index (χ1) is 17.6. The molecule has 0 N–H and O–H groups in total. The van der Waals surface area contributed by atoms with Crippen molar-refractivity contribution in [2.45, 2.75) is 30.6 Å². The van der Waals surface area contributed by atoms with Gasteiger partial charge in [0.1, 0.15) is 11.7 Å². The van der Waals surface area contributed by atoms with Gasteiger partial charge in [0.05, 0.1) is 16.1 Å². The van der Waals surface area contributed by atoms with E-state index < -0.39 is 0 Å². The smallest absolute Gasteiger partial charge is 0.262 e. The molecule has 178 valence electrons. The van der Waals surface area contributed by atoms with Crippen molar-refractivity contribution in [1.29, 1.82) is 0 Å². The fraction of sp³-hybridized carbons (Fsp3) is 0.219. The lowest BCUT2D eigenvalue weighted by atomic mass is 9.77. The number of aromatic nitrogens is 1. The normalized spacial score (nSPS) is 21.7. The Morgan fingerprint density at radius 2 is 1.75 bits per heavy atom. The van der Waals surface area contributed by atoms with Gasteiger partial charge >= 0.3 is 0 Å². The zero-order valence-electron chi connectivity index (χ0n) is 20.7. The molecule has 3 aromatic carbocycles. The third-order valence-electron chi connectivity index (χ3n) is 7.87. The quantitative estimate of drug-likeness (QED) is 0.253. The molecular weight excluding hydrogens is 477 g/mol. The highest BCUT2D eigenvalue weighted by atomic mass is 32.2. The Morgan fingerprint density at radius 1 is 0.917 bits per heavy atom. The van der Waals surface area contributed by atoms with Crippen LogP contribution >= 0.6 is 23.1 Å². The summed E-state index contributed by atoms with van der Waals surface area (Å²) in [7, 11) is 4.40. The third-order valence-corrected chi connectivity index (χ3v) is 10.2. The highest BCUT2D eigenvalue weighted by molar-refractivity contribution is 8.03. The van der Waals surface area contributed by atoms with Crippen LogP contribution in [0.2, 0.25) is 0 Å². The largest absolute Gasteiger partial charge is 0.338 e. The molecule has 36 heavy (non-hydrogen) atoms. The predicted molar refractivity (Wildman–Crippen MR) is 155 cm³/mol. The number of hydrogen-bond donors (Lipinski definition) is 0. The Labute approximate surface area is 221 Å². The number of hydrogen-bond acceptors (Lipinski definition) is 3. The zero-order chi connectivity index (χ0) is 24.2. The fourth-order valence-corrected chi connectivity index (χ4v) is 8.15. The Bertz CT molecular complexity index is 1650. The first-order valence-corrected chi connectivity index (χ1v) is 14.4. The molecule has 0 spiro atoms. The number of aryl methyl sites for hydroxylation is 1. The molecule has 4 heteroatoms. The van der Waals surface area contributed by atoms with Crippen LogP contribution < -0.4 is 9.47 Å². The lowest BCUT2D eigenvalue weighted by Gasteiger charge is -2.28. The molecule has 0 saturated carbocycles. The van der Waals surface area contributed by atoms with Gasteiger partial charge in [-0.15, -0.1) is 0 Å². The summed E-state index contributed by atoms with van der Waals surface area (Å²) in [6, 6.07) is 21.9. The Kier molecular flexibility index (Phi) is 5.41. The highest BCUT2D eigenvalue weighted by Crippen LogP contribution is 2.46. The zero-order valence-corrected chi connectivity index (χ0v) is 22.3. The number of rotatable bonds is 2. The van der Waals surface area contributed by atoms with E-state index in [0.717, 1.165) is 0 Å². The van der Waals surface area contributed by atoms with Gasteiger partial charge in [0.25, 0.3) is 5.01 Å². The molecule has 0 saturated heterocycles. The molecule has 1 atom stereocenters. The van der Waals surface area contributed by atoms with Gasteiger partial charge in [-0.1, -0.05) is 71.6 Å². The molecule has 7 rings (SSSR count). The maximum atomic E-state index is 2.48. The Morgan fingerprint density at radius 3 is 2.67 bits per heavy atom. The van der Waals surface area contributed by atoms with Crippen LogP contribution in [0.15, 0.2) is 106 Å². The molecule has 0 amide bonds. The molecule has 2 heterocycles. The van der Waals surface area contributed by atoms with Gasteiger partial charge in [0.15, 0.2) is 0 Å². The molecule has 4 aromatic rings. The van der Waals surface area contributed by atoms with E-state index in [2.05, 4.69) is 109 Å². The van der Waals surface area contributed by atoms with Crippen molar-refractivity contribution in [3.63, 3.8) is 0 Å². The second kappa shape index (κ2) is 8.79. The van der Waals surface area contributed by atoms with Crippen LogP contribution in [-0.2, 0) is 7.05 Å². The number of thiazole rings is 1. The van der Waals surface area contributed by atoms with E-state index in [1.165, 1.54) is 84.0 Å². The second-order valence-electron chi connectivity index (χ2n) is 10.1. The monoisotopic (exact) mass is 505 g/mol. The lowest BCUT2D eigenvalue weighted by molar-refractivity contribution is -0.641. The molecular formula is C32H29N2S2+.